The van der Waals surface area contributed by atoms with Gasteiger partial charge in [0.15, 0.2) is 0 Å². The number of nitrogens with two attached hydrogens (primary N) is 1. The zero-order valence-electron chi connectivity index (χ0n) is 11.7. The van der Waals surface area contributed by atoms with E-state index in [0.717, 1.165) is 21.4 Å². The summed E-state index contributed by atoms with van der Waals surface area (Å²) in [4.78, 5) is 4.32. The van der Waals surface area contributed by atoms with Gasteiger partial charge in [-0.2, -0.15) is 0 Å². The molecular weight excluding hydrogens is 326 g/mol. The number of nitrogens with zero attached hydrogens (tertiary/aromatic N) is 2. The molecule has 0 amide bonds. The van der Waals surface area contributed by atoms with Gasteiger partial charge in [0.2, 0.25) is 0 Å². The van der Waals surface area contributed by atoms with Crippen molar-refractivity contribution < 1.29 is 0 Å². The summed E-state index contributed by atoms with van der Waals surface area (Å²) in [5, 5.41) is 0. The van der Waals surface area contributed by atoms with Gasteiger partial charge >= 0.3 is 0 Å². The Kier molecular flexibility index (Phi) is 3.80. The van der Waals surface area contributed by atoms with Gasteiger partial charge in [0.25, 0.3) is 0 Å². The zero-order valence-corrected chi connectivity index (χ0v) is 13.3. The second-order valence-electron chi connectivity index (χ2n) is 5.01. The maximum Gasteiger partial charge on any atom is 0.0956 e. The first-order chi connectivity index (χ1) is 10.2. The van der Waals surface area contributed by atoms with Gasteiger partial charge in [-0.15, -0.1) is 0 Å². The number of anilines is 1. The highest BCUT2D eigenvalue weighted by Crippen LogP contribution is 2.31. The molecule has 0 spiro atoms. The van der Waals surface area contributed by atoms with Crippen LogP contribution in [-0.4, -0.2) is 9.55 Å². The Balaban J connectivity index is 2.03. The fourth-order valence-corrected chi connectivity index (χ4v) is 2.91. The van der Waals surface area contributed by atoms with Crippen LogP contribution in [0.2, 0.25) is 0 Å². The SMILES string of the molecule is CC(c1ccc(N)cc1)n1cncc1-c1ccccc1Br. The summed E-state index contributed by atoms with van der Waals surface area (Å²) < 4.78 is 3.24. The Bertz CT molecular complexity index is 747. The molecule has 0 aliphatic carbocycles. The predicted molar refractivity (Wildman–Crippen MR) is 90.0 cm³/mol. The molecule has 106 valence electrons. The van der Waals surface area contributed by atoms with Crippen LogP contribution in [0.5, 0.6) is 0 Å². The van der Waals surface area contributed by atoms with Gasteiger partial charge in [-0.3, -0.25) is 0 Å². The molecular formula is C17H16BrN3. The van der Waals surface area contributed by atoms with Gasteiger partial charge in [-0.1, -0.05) is 46.3 Å². The van der Waals surface area contributed by atoms with E-state index in [-0.39, 0.29) is 6.04 Å². The van der Waals surface area contributed by atoms with Crippen LogP contribution in [0.15, 0.2) is 65.5 Å². The minimum absolute atomic E-state index is 0.190. The third-order valence-corrected chi connectivity index (χ3v) is 4.34. The van der Waals surface area contributed by atoms with Crippen molar-refractivity contribution in [2.24, 2.45) is 0 Å². The lowest BCUT2D eigenvalue weighted by Crippen LogP contribution is -2.07. The van der Waals surface area contributed by atoms with Gasteiger partial charge in [0.1, 0.15) is 0 Å². The van der Waals surface area contributed by atoms with E-state index in [1.165, 1.54) is 5.56 Å². The van der Waals surface area contributed by atoms with Crippen molar-refractivity contribution in [1.29, 1.82) is 0 Å². The largest absolute Gasteiger partial charge is 0.399 e. The minimum Gasteiger partial charge on any atom is -0.399 e. The zero-order chi connectivity index (χ0) is 14.8. The van der Waals surface area contributed by atoms with E-state index in [9.17, 15) is 0 Å². The lowest BCUT2D eigenvalue weighted by atomic mass is 10.1. The second kappa shape index (κ2) is 5.74. The monoisotopic (exact) mass is 341 g/mol. The third-order valence-electron chi connectivity index (χ3n) is 3.65. The quantitative estimate of drug-likeness (QED) is 0.712. The first-order valence-electron chi connectivity index (χ1n) is 6.79. The summed E-state index contributed by atoms with van der Waals surface area (Å²) in [6, 6.07) is 16.3. The number of halogens is 1. The third kappa shape index (κ3) is 2.72. The van der Waals surface area contributed by atoms with Gasteiger partial charge in [-0.25, -0.2) is 4.98 Å². The molecule has 1 aromatic heterocycles. The van der Waals surface area contributed by atoms with Gasteiger partial charge in [0.05, 0.1) is 24.3 Å². The molecule has 1 atom stereocenters. The standard InChI is InChI=1S/C17H16BrN3/c1-12(13-6-8-14(19)9-7-13)21-11-20-10-17(21)15-4-2-3-5-16(15)18/h2-12H,19H2,1H3. The molecule has 0 fully saturated rings. The smallest absolute Gasteiger partial charge is 0.0956 e. The Labute approximate surface area is 132 Å². The van der Waals surface area contributed by atoms with Crippen LogP contribution in [0.1, 0.15) is 18.5 Å². The molecule has 3 nitrogen and oxygen atoms in total. The molecule has 0 saturated heterocycles. The van der Waals surface area contributed by atoms with Crippen molar-refractivity contribution in [2.75, 3.05) is 5.73 Å². The maximum absolute atomic E-state index is 5.76. The van der Waals surface area contributed by atoms with E-state index in [2.05, 4.69) is 50.6 Å². The van der Waals surface area contributed by atoms with E-state index in [1.54, 1.807) is 0 Å². The van der Waals surface area contributed by atoms with Crippen molar-refractivity contribution >= 4 is 21.6 Å². The molecule has 0 saturated carbocycles. The highest BCUT2D eigenvalue weighted by molar-refractivity contribution is 9.10. The van der Waals surface area contributed by atoms with Crippen LogP contribution < -0.4 is 5.73 Å². The number of hydrogen-bond donors (Lipinski definition) is 1. The normalized spacial score (nSPS) is 12.3. The molecule has 2 N–H and O–H groups in total. The molecule has 3 aromatic rings. The summed E-state index contributed by atoms with van der Waals surface area (Å²) in [5.41, 5.74) is 9.97. The van der Waals surface area contributed by atoms with Gasteiger partial charge in [0, 0.05) is 15.7 Å². The Hall–Kier alpha value is -2.07. The van der Waals surface area contributed by atoms with Crippen molar-refractivity contribution in [2.45, 2.75) is 13.0 Å². The Morgan fingerprint density at radius 3 is 2.52 bits per heavy atom. The topological polar surface area (TPSA) is 43.8 Å². The molecule has 0 bridgehead atoms. The van der Waals surface area contributed by atoms with Crippen LogP contribution in [0.3, 0.4) is 0 Å². The maximum atomic E-state index is 5.76. The van der Waals surface area contributed by atoms with E-state index in [1.807, 2.05) is 42.9 Å². The van der Waals surface area contributed by atoms with Gasteiger partial charge < -0.3 is 10.3 Å². The van der Waals surface area contributed by atoms with Crippen molar-refractivity contribution in [3.8, 4) is 11.3 Å². The highest BCUT2D eigenvalue weighted by atomic mass is 79.9. The molecule has 2 aromatic carbocycles. The molecule has 0 aliphatic rings. The molecule has 21 heavy (non-hydrogen) atoms. The second-order valence-corrected chi connectivity index (χ2v) is 5.86. The van der Waals surface area contributed by atoms with Crippen LogP contribution in [-0.2, 0) is 0 Å². The van der Waals surface area contributed by atoms with Crippen LogP contribution >= 0.6 is 15.9 Å². The number of benzene rings is 2. The molecule has 4 heteroatoms. The summed E-state index contributed by atoms with van der Waals surface area (Å²) >= 11 is 3.61. The molecule has 3 rings (SSSR count). The number of hydrogen-bond acceptors (Lipinski definition) is 2. The lowest BCUT2D eigenvalue weighted by molar-refractivity contribution is 0.644. The minimum atomic E-state index is 0.190. The molecule has 0 aliphatic heterocycles. The van der Waals surface area contributed by atoms with Crippen molar-refractivity contribution in [3.05, 3.63) is 71.1 Å². The van der Waals surface area contributed by atoms with E-state index in [0.29, 0.717) is 0 Å². The fourth-order valence-electron chi connectivity index (χ4n) is 2.43. The molecule has 0 radical (unpaired) electrons. The summed E-state index contributed by atoms with van der Waals surface area (Å²) in [5.74, 6) is 0. The van der Waals surface area contributed by atoms with Crippen molar-refractivity contribution in [3.63, 3.8) is 0 Å². The Morgan fingerprint density at radius 1 is 1.10 bits per heavy atom. The molecule has 1 unspecified atom stereocenters. The fraction of sp³-hybridized carbons (Fsp3) is 0.118. The number of rotatable bonds is 3. The first kappa shape index (κ1) is 13.9. The van der Waals surface area contributed by atoms with Crippen LogP contribution in [0.4, 0.5) is 5.69 Å². The summed E-state index contributed by atoms with van der Waals surface area (Å²) in [6.07, 6.45) is 3.77. The average Bonchev–Trinajstić information content (AvgIpc) is 2.97. The summed E-state index contributed by atoms with van der Waals surface area (Å²) in [7, 11) is 0. The Morgan fingerprint density at radius 2 is 1.81 bits per heavy atom. The number of nitrogen functional groups attached to an aromatic ring is 1. The van der Waals surface area contributed by atoms with Crippen LogP contribution in [0, 0.1) is 0 Å². The van der Waals surface area contributed by atoms with Crippen molar-refractivity contribution in [1.82, 2.24) is 9.55 Å². The molecule has 1 heterocycles. The number of aromatic nitrogens is 2. The summed E-state index contributed by atoms with van der Waals surface area (Å²) in [6.45, 7) is 2.16. The highest BCUT2D eigenvalue weighted by Gasteiger charge is 2.14. The predicted octanol–water partition coefficient (Wildman–Crippen LogP) is 4.50. The average molecular weight is 342 g/mol. The van der Waals surface area contributed by atoms with E-state index in [4.69, 9.17) is 5.73 Å². The first-order valence-corrected chi connectivity index (χ1v) is 7.58. The number of imidazole rings is 1. The van der Waals surface area contributed by atoms with E-state index >= 15 is 0 Å². The van der Waals surface area contributed by atoms with Crippen LogP contribution in [0.25, 0.3) is 11.3 Å². The lowest BCUT2D eigenvalue weighted by Gasteiger charge is -2.18. The van der Waals surface area contributed by atoms with Gasteiger partial charge in [-0.05, 0) is 30.7 Å². The van der Waals surface area contributed by atoms with E-state index < -0.39 is 0 Å².